The molecule has 4 heteroatoms. The second kappa shape index (κ2) is 5.10. The van der Waals surface area contributed by atoms with Crippen LogP contribution in [0.2, 0.25) is 0 Å². The highest BCUT2D eigenvalue weighted by molar-refractivity contribution is 5.39. The first-order valence-corrected chi connectivity index (χ1v) is 5.90. The van der Waals surface area contributed by atoms with Gasteiger partial charge in [-0.1, -0.05) is 13.0 Å². The van der Waals surface area contributed by atoms with Crippen molar-refractivity contribution in [1.29, 1.82) is 0 Å². The highest BCUT2D eigenvalue weighted by Gasteiger charge is 2.06. The maximum absolute atomic E-state index is 5.98. The number of benzene rings is 1. The molecule has 0 saturated heterocycles. The quantitative estimate of drug-likeness (QED) is 0.872. The third-order valence-electron chi connectivity index (χ3n) is 3.02. The number of nitrogens with zero attached hydrogens (tertiary/aromatic N) is 3. The topological polar surface area (TPSA) is 56.7 Å². The normalized spacial score (nSPS) is 12.6. The van der Waals surface area contributed by atoms with Gasteiger partial charge in [-0.3, -0.25) is 0 Å². The fraction of sp³-hybridized carbons (Fsp3) is 0.385. The minimum absolute atomic E-state index is 0.242. The van der Waals surface area contributed by atoms with Crippen molar-refractivity contribution in [2.24, 2.45) is 5.73 Å². The Bertz CT molecular complexity index is 476. The van der Waals surface area contributed by atoms with Crippen LogP contribution in [-0.4, -0.2) is 20.8 Å². The van der Waals surface area contributed by atoms with Gasteiger partial charge in [0.05, 0.1) is 5.69 Å². The van der Waals surface area contributed by atoms with Crippen molar-refractivity contribution in [3.8, 4) is 5.69 Å². The molecule has 90 valence electrons. The Morgan fingerprint density at radius 3 is 2.82 bits per heavy atom. The molecule has 0 amide bonds. The summed E-state index contributed by atoms with van der Waals surface area (Å²) in [7, 11) is 0. The van der Waals surface area contributed by atoms with Crippen molar-refractivity contribution >= 4 is 0 Å². The highest BCUT2D eigenvalue weighted by Crippen LogP contribution is 2.15. The van der Waals surface area contributed by atoms with E-state index >= 15 is 0 Å². The lowest BCUT2D eigenvalue weighted by Crippen LogP contribution is -2.21. The van der Waals surface area contributed by atoms with Gasteiger partial charge in [-0.2, -0.15) is 5.10 Å². The van der Waals surface area contributed by atoms with Crippen LogP contribution < -0.4 is 5.73 Å². The minimum atomic E-state index is 0.242. The van der Waals surface area contributed by atoms with E-state index in [0.29, 0.717) is 0 Å². The van der Waals surface area contributed by atoms with Gasteiger partial charge >= 0.3 is 0 Å². The molecule has 4 nitrogen and oxygen atoms in total. The van der Waals surface area contributed by atoms with Crippen LogP contribution in [0.1, 0.15) is 24.5 Å². The van der Waals surface area contributed by atoms with Crippen molar-refractivity contribution in [2.75, 3.05) is 0 Å². The van der Waals surface area contributed by atoms with E-state index in [-0.39, 0.29) is 6.04 Å². The van der Waals surface area contributed by atoms with E-state index in [2.05, 4.69) is 42.1 Å². The summed E-state index contributed by atoms with van der Waals surface area (Å²) < 4.78 is 1.76. The molecule has 2 aromatic rings. The molecule has 0 bridgehead atoms. The van der Waals surface area contributed by atoms with Gasteiger partial charge in [-0.05, 0) is 43.0 Å². The standard InChI is InChI=1S/C13H18N4/c1-3-12(14)7-11-4-5-13(6-10(11)2)17-9-15-8-16-17/h4-6,8-9,12H,3,7,14H2,1-2H3. The maximum atomic E-state index is 5.98. The lowest BCUT2D eigenvalue weighted by atomic mass is 10.00. The zero-order valence-electron chi connectivity index (χ0n) is 10.3. The van der Waals surface area contributed by atoms with Crippen LogP contribution in [0.5, 0.6) is 0 Å². The van der Waals surface area contributed by atoms with Crippen LogP contribution in [0.25, 0.3) is 5.69 Å². The number of nitrogens with two attached hydrogens (primary N) is 1. The predicted octanol–water partition coefficient (Wildman–Crippen LogP) is 1.86. The summed E-state index contributed by atoms with van der Waals surface area (Å²) in [5.41, 5.74) is 9.58. The van der Waals surface area contributed by atoms with Crippen molar-refractivity contribution in [3.63, 3.8) is 0 Å². The van der Waals surface area contributed by atoms with E-state index < -0.39 is 0 Å². The van der Waals surface area contributed by atoms with Crippen LogP contribution in [0.15, 0.2) is 30.9 Å². The number of aromatic nitrogens is 3. The van der Waals surface area contributed by atoms with E-state index in [1.807, 2.05) is 0 Å². The predicted molar refractivity (Wildman–Crippen MR) is 68.1 cm³/mol. The van der Waals surface area contributed by atoms with E-state index in [1.165, 1.54) is 17.5 Å². The molecule has 1 heterocycles. The summed E-state index contributed by atoms with van der Waals surface area (Å²) in [5.74, 6) is 0. The van der Waals surface area contributed by atoms with Crippen molar-refractivity contribution in [2.45, 2.75) is 32.7 Å². The molecule has 0 aliphatic carbocycles. The van der Waals surface area contributed by atoms with Gasteiger partial charge in [0.1, 0.15) is 12.7 Å². The molecule has 0 aliphatic rings. The van der Waals surface area contributed by atoms with E-state index in [9.17, 15) is 0 Å². The molecule has 2 N–H and O–H groups in total. The van der Waals surface area contributed by atoms with Gasteiger partial charge in [0.15, 0.2) is 0 Å². The molecule has 2 rings (SSSR count). The second-order valence-corrected chi connectivity index (χ2v) is 4.32. The molecule has 0 saturated carbocycles. The molecular weight excluding hydrogens is 212 g/mol. The SMILES string of the molecule is CCC(N)Cc1ccc(-n2cncn2)cc1C. The first-order chi connectivity index (χ1) is 8.20. The van der Waals surface area contributed by atoms with Crippen LogP contribution in [0.4, 0.5) is 0 Å². The monoisotopic (exact) mass is 230 g/mol. The zero-order valence-corrected chi connectivity index (χ0v) is 10.3. The Morgan fingerprint density at radius 1 is 1.41 bits per heavy atom. The highest BCUT2D eigenvalue weighted by atomic mass is 15.3. The van der Waals surface area contributed by atoms with Gasteiger partial charge in [0.25, 0.3) is 0 Å². The Kier molecular flexibility index (Phi) is 3.54. The summed E-state index contributed by atoms with van der Waals surface area (Å²) >= 11 is 0. The van der Waals surface area contributed by atoms with E-state index in [0.717, 1.165) is 18.5 Å². The smallest absolute Gasteiger partial charge is 0.138 e. The zero-order chi connectivity index (χ0) is 12.3. The second-order valence-electron chi connectivity index (χ2n) is 4.32. The first-order valence-electron chi connectivity index (χ1n) is 5.90. The summed E-state index contributed by atoms with van der Waals surface area (Å²) in [6, 6.07) is 6.54. The van der Waals surface area contributed by atoms with Gasteiger partial charge < -0.3 is 5.73 Å². The molecule has 17 heavy (non-hydrogen) atoms. The average molecular weight is 230 g/mol. The van der Waals surface area contributed by atoms with Crippen LogP contribution in [0.3, 0.4) is 0 Å². The average Bonchev–Trinajstić information content (AvgIpc) is 2.85. The van der Waals surface area contributed by atoms with Crippen molar-refractivity contribution in [3.05, 3.63) is 42.0 Å². The number of hydrogen-bond acceptors (Lipinski definition) is 3. The molecule has 1 aromatic carbocycles. The van der Waals surface area contributed by atoms with Gasteiger partial charge in [0.2, 0.25) is 0 Å². The largest absolute Gasteiger partial charge is 0.327 e. The third kappa shape index (κ3) is 2.71. The Labute approximate surface area is 101 Å². The Morgan fingerprint density at radius 2 is 2.24 bits per heavy atom. The Balaban J connectivity index is 2.23. The number of aryl methyl sites for hydroxylation is 1. The summed E-state index contributed by atoms with van der Waals surface area (Å²) in [5, 5.41) is 4.12. The van der Waals surface area contributed by atoms with Gasteiger partial charge in [0, 0.05) is 6.04 Å². The van der Waals surface area contributed by atoms with E-state index in [1.54, 1.807) is 11.0 Å². The lowest BCUT2D eigenvalue weighted by molar-refractivity contribution is 0.644. The third-order valence-corrected chi connectivity index (χ3v) is 3.02. The number of hydrogen-bond donors (Lipinski definition) is 1. The lowest BCUT2D eigenvalue weighted by Gasteiger charge is -2.12. The van der Waals surface area contributed by atoms with Crippen molar-refractivity contribution in [1.82, 2.24) is 14.8 Å². The van der Waals surface area contributed by atoms with Gasteiger partial charge in [-0.25, -0.2) is 9.67 Å². The summed E-state index contributed by atoms with van der Waals surface area (Å²) in [6.45, 7) is 4.22. The first kappa shape index (κ1) is 11.8. The molecule has 1 unspecified atom stereocenters. The van der Waals surface area contributed by atoms with Gasteiger partial charge in [-0.15, -0.1) is 0 Å². The molecule has 0 aliphatic heterocycles. The fourth-order valence-corrected chi connectivity index (χ4v) is 1.82. The van der Waals surface area contributed by atoms with Crippen LogP contribution in [-0.2, 0) is 6.42 Å². The van der Waals surface area contributed by atoms with Crippen LogP contribution >= 0.6 is 0 Å². The number of rotatable bonds is 4. The van der Waals surface area contributed by atoms with E-state index in [4.69, 9.17) is 5.73 Å². The fourth-order valence-electron chi connectivity index (χ4n) is 1.82. The van der Waals surface area contributed by atoms with Crippen molar-refractivity contribution < 1.29 is 0 Å². The minimum Gasteiger partial charge on any atom is -0.327 e. The maximum Gasteiger partial charge on any atom is 0.138 e. The molecule has 0 fully saturated rings. The molecule has 1 atom stereocenters. The molecular formula is C13H18N4. The summed E-state index contributed by atoms with van der Waals surface area (Å²) in [4.78, 5) is 3.94. The molecule has 1 aromatic heterocycles. The van der Waals surface area contributed by atoms with Crippen LogP contribution in [0, 0.1) is 6.92 Å². The molecule has 0 radical (unpaired) electrons. The molecule has 0 spiro atoms. The summed E-state index contributed by atoms with van der Waals surface area (Å²) in [6.07, 6.45) is 5.17. The Hall–Kier alpha value is -1.68.